The monoisotopic (exact) mass is 279 g/mol. The van der Waals surface area contributed by atoms with Crippen LogP contribution >= 0.6 is 0 Å². The van der Waals surface area contributed by atoms with E-state index in [9.17, 15) is 4.79 Å². The van der Waals surface area contributed by atoms with Gasteiger partial charge in [-0.25, -0.2) is 0 Å². The number of nitrogens with one attached hydrogen (secondary N) is 1. The fourth-order valence-electron chi connectivity index (χ4n) is 1.97. The van der Waals surface area contributed by atoms with Gasteiger partial charge in [0.2, 0.25) is 0 Å². The summed E-state index contributed by atoms with van der Waals surface area (Å²) in [5.74, 6) is 0.663. The molecule has 0 aliphatic carbocycles. The van der Waals surface area contributed by atoms with Crippen LogP contribution in [0.15, 0.2) is 18.2 Å². The second kappa shape index (κ2) is 7.87. The standard InChI is InChI=1S/C15H25N3O2/c1-5-13(17-8-9-18(2)3)15(19)11-6-7-14(20-4)12(16)10-11/h6-7,10,13,17H,5,8-9,16H2,1-4H3. The molecule has 1 aromatic carbocycles. The van der Waals surface area contributed by atoms with Gasteiger partial charge < -0.3 is 20.7 Å². The Hall–Kier alpha value is -1.59. The summed E-state index contributed by atoms with van der Waals surface area (Å²) in [6.45, 7) is 3.68. The molecule has 5 heteroatoms. The van der Waals surface area contributed by atoms with Gasteiger partial charge in [0.15, 0.2) is 5.78 Å². The van der Waals surface area contributed by atoms with Crippen LogP contribution in [0.4, 0.5) is 5.69 Å². The Morgan fingerprint density at radius 3 is 2.65 bits per heavy atom. The molecule has 20 heavy (non-hydrogen) atoms. The lowest BCUT2D eigenvalue weighted by Crippen LogP contribution is -2.39. The third kappa shape index (κ3) is 4.51. The zero-order chi connectivity index (χ0) is 15.1. The Morgan fingerprint density at radius 1 is 1.45 bits per heavy atom. The number of methoxy groups -OCH3 is 1. The van der Waals surface area contributed by atoms with Crippen LogP contribution in [0.5, 0.6) is 5.75 Å². The van der Waals surface area contributed by atoms with E-state index in [2.05, 4.69) is 10.2 Å². The topological polar surface area (TPSA) is 67.6 Å². The van der Waals surface area contributed by atoms with E-state index in [-0.39, 0.29) is 11.8 Å². The normalized spacial score (nSPS) is 12.4. The third-order valence-electron chi connectivity index (χ3n) is 3.19. The van der Waals surface area contributed by atoms with Gasteiger partial charge in [-0.05, 0) is 38.7 Å². The molecule has 1 atom stereocenters. The number of nitrogens with two attached hydrogens (primary N) is 1. The van der Waals surface area contributed by atoms with E-state index in [0.29, 0.717) is 17.0 Å². The number of carbonyl (C=O) groups is 1. The molecule has 0 saturated heterocycles. The van der Waals surface area contributed by atoms with Gasteiger partial charge in [-0.2, -0.15) is 0 Å². The highest BCUT2D eigenvalue weighted by atomic mass is 16.5. The minimum Gasteiger partial charge on any atom is -0.495 e. The lowest BCUT2D eigenvalue weighted by atomic mass is 10.0. The van der Waals surface area contributed by atoms with Crippen molar-refractivity contribution in [2.24, 2.45) is 0 Å². The number of hydrogen-bond acceptors (Lipinski definition) is 5. The summed E-state index contributed by atoms with van der Waals surface area (Å²) in [6.07, 6.45) is 0.748. The predicted molar refractivity (Wildman–Crippen MR) is 82.4 cm³/mol. The van der Waals surface area contributed by atoms with Crippen molar-refractivity contribution in [2.45, 2.75) is 19.4 Å². The number of benzene rings is 1. The minimum absolute atomic E-state index is 0.0700. The number of hydrogen-bond donors (Lipinski definition) is 2. The molecular weight excluding hydrogens is 254 g/mol. The smallest absolute Gasteiger partial charge is 0.179 e. The van der Waals surface area contributed by atoms with Crippen molar-refractivity contribution in [3.8, 4) is 5.75 Å². The lowest BCUT2D eigenvalue weighted by molar-refractivity contribution is 0.0939. The number of Topliss-reactive ketones (excluding diaryl/α,β-unsaturated/α-hetero) is 1. The molecule has 1 unspecified atom stereocenters. The average molecular weight is 279 g/mol. The van der Waals surface area contributed by atoms with E-state index in [4.69, 9.17) is 10.5 Å². The summed E-state index contributed by atoms with van der Waals surface area (Å²) >= 11 is 0. The van der Waals surface area contributed by atoms with Gasteiger partial charge in [0.1, 0.15) is 5.75 Å². The van der Waals surface area contributed by atoms with Gasteiger partial charge >= 0.3 is 0 Å². The van der Waals surface area contributed by atoms with Crippen LogP contribution < -0.4 is 15.8 Å². The van der Waals surface area contributed by atoms with Crippen LogP contribution in [0.1, 0.15) is 23.7 Å². The van der Waals surface area contributed by atoms with Gasteiger partial charge in [-0.15, -0.1) is 0 Å². The zero-order valence-electron chi connectivity index (χ0n) is 12.8. The summed E-state index contributed by atoms with van der Waals surface area (Å²) in [5, 5.41) is 3.28. The van der Waals surface area contributed by atoms with Crippen LogP contribution in [-0.4, -0.2) is 51.0 Å². The van der Waals surface area contributed by atoms with Crippen molar-refractivity contribution in [1.29, 1.82) is 0 Å². The SMILES string of the molecule is CCC(NCCN(C)C)C(=O)c1ccc(OC)c(N)c1. The van der Waals surface area contributed by atoms with Crippen molar-refractivity contribution in [2.75, 3.05) is 40.0 Å². The maximum Gasteiger partial charge on any atom is 0.179 e. The van der Waals surface area contributed by atoms with Crippen molar-refractivity contribution >= 4 is 11.5 Å². The number of anilines is 1. The molecule has 0 aliphatic heterocycles. The summed E-state index contributed by atoms with van der Waals surface area (Å²) < 4.78 is 5.10. The van der Waals surface area contributed by atoms with Crippen molar-refractivity contribution in [3.05, 3.63) is 23.8 Å². The highest BCUT2D eigenvalue weighted by Gasteiger charge is 2.18. The van der Waals surface area contributed by atoms with Gasteiger partial charge in [0, 0.05) is 18.7 Å². The largest absolute Gasteiger partial charge is 0.495 e. The minimum atomic E-state index is -0.178. The molecule has 0 heterocycles. The van der Waals surface area contributed by atoms with Gasteiger partial charge in [0.05, 0.1) is 18.8 Å². The molecule has 1 aromatic rings. The highest BCUT2D eigenvalue weighted by Crippen LogP contribution is 2.22. The van der Waals surface area contributed by atoms with Crippen LogP contribution in [0.3, 0.4) is 0 Å². The number of nitrogen functional groups attached to an aromatic ring is 1. The fourth-order valence-corrected chi connectivity index (χ4v) is 1.97. The molecule has 0 spiro atoms. The van der Waals surface area contributed by atoms with Gasteiger partial charge in [-0.3, -0.25) is 4.79 Å². The Balaban J connectivity index is 2.72. The number of ketones is 1. The quantitative estimate of drug-likeness (QED) is 0.556. The van der Waals surface area contributed by atoms with E-state index in [1.165, 1.54) is 0 Å². The first-order valence-electron chi connectivity index (χ1n) is 6.85. The Morgan fingerprint density at radius 2 is 2.15 bits per heavy atom. The van der Waals surface area contributed by atoms with E-state index in [0.717, 1.165) is 19.5 Å². The number of carbonyl (C=O) groups excluding carboxylic acids is 1. The van der Waals surface area contributed by atoms with E-state index in [1.807, 2.05) is 21.0 Å². The molecule has 0 amide bonds. The molecule has 0 fully saturated rings. The Labute approximate surface area is 121 Å². The fraction of sp³-hybridized carbons (Fsp3) is 0.533. The third-order valence-corrected chi connectivity index (χ3v) is 3.19. The number of ether oxygens (including phenoxy) is 1. The first-order chi connectivity index (χ1) is 9.49. The van der Waals surface area contributed by atoms with Crippen molar-refractivity contribution in [3.63, 3.8) is 0 Å². The average Bonchev–Trinajstić information content (AvgIpc) is 2.42. The van der Waals surface area contributed by atoms with E-state index < -0.39 is 0 Å². The van der Waals surface area contributed by atoms with Crippen LogP contribution in [0.25, 0.3) is 0 Å². The first kappa shape index (κ1) is 16.5. The predicted octanol–water partition coefficient (Wildman–Crippen LogP) is 1.39. The molecule has 0 radical (unpaired) electrons. The summed E-state index contributed by atoms with van der Waals surface area (Å²) in [5.41, 5.74) is 6.95. The van der Waals surface area contributed by atoms with Crippen LogP contribution in [-0.2, 0) is 0 Å². The second-order valence-corrected chi connectivity index (χ2v) is 5.04. The summed E-state index contributed by atoms with van der Waals surface area (Å²) in [7, 11) is 5.58. The highest BCUT2D eigenvalue weighted by molar-refractivity contribution is 6.01. The summed E-state index contributed by atoms with van der Waals surface area (Å²) in [4.78, 5) is 14.5. The van der Waals surface area contributed by atoms with E-state index >= 15 is 0 Å². The zero-order valence-corrected chi connectivity index (χ0v) is 12.8. The molecule has 1 rings (SSSR count). The maximum absolute atomic E-state index is 12.4. The van der Waals surface area contributed by atoms with Crippen molar-refractivity contribution in [1.82, 2.24) is 10.2 Å². The molecule has 0 saturated carbocycles. The molecule has 5 nitrogen and oxygen atoms in total. The molecule has 0 aliphatic rings. The number of rotatable bonds is 8. The van der Waals surface area contributed by atoms with Crippen LogP contribution in [0, 0.1) is 0 Å². The van der Waals surface area contributed by atoms with Gasteiger partial charge in [-0.1, -0.05) is 6.92 Å². The molecular formula is C15H25N3O2. The summed E-state index contributed by atoms with van der Waals surface area (Å²) in [6, 6.07) is 4.99. The lowest BCUT2D eigenvalue weighted by Gasteiger charge is -2.18. The Kier molecular flexibility index (Phi) is 6.48. The van der Waals surface area contributed by atoms with Crippen LogP contribution in [0.2, 0.25) is 0 Å². The van der Waals surface area contributed by atoms with E-state index in [1.54, 1.807) is 25.3 Å². The van der Waals surface area contributed by atoms with Crippen molar-refractivity contribution < 1.29 is 9.53 Å². The first-order valence-corrected chi connectivity index (χ1v) is 6.85. The number of nitrogens with zero attached hydrogens (tertiary/aromatic N) is 1. The second-order valence-electron chi connectivity index (χ2n) is 5.04. The molecule has 112 valence electrons. The molecule has 0 aromatic heterocycles. The van der Waals surface area contributed by atoms with Gasteiger partial charge in [0.25, 0.3) is 0 Å². The number of likely N-dealkylation sites (N-methyl/N-ethyl adjacent to an activating group) is 1. The molecule has 3 N–H and O–H groups in total. The Bertz CT molecular complexity index is 447. The molecule has 0 bridgehead atoms. The maximum atomic E-state index is 12.4.